The summed E-state index contributed by atoms with van der Waals surface area (Å²) >= 11 is 0. The maximum Gasteiger partial charge on any atom is 0.0181 e. The van der Waals surface area contributed by atoms with Crippen LogP contribution in [-0.2, 0) is 0 Å². The van der Waals surface area contributed by atoms with Crippen molar-refractivity contribution in [3.05, 3.63) is 0 Å². The SMILES string of the molecule is CC.CC(C)C1CCC2(CCCCN2)CC1. The molecule has 0 radical (unpaired) electrons. The number of hydrogen-bond acceptors (Lipinski definition) is 1. The number of piperidine rings is 1. The quantitative estimate of drug-likeness (QED) is 0.698. The monoisotopic (exact) mass is 225 g/mol. The number of hydrogen-bond donors (Lipinski definition) is 1. The van der Waals surface area contributed by atoms with Gasteiger partial charge < -0.3 is 5.32 Å². The molecule has 96 valence electrons. The minimum atomic E-state index is 0.573. The molecule has 1 heteroatoms. The Morgan fingerprint density at radius 3 is 2.06 bits per heavy atom. The fraction of sp³-hybridized carbons (Fsp3) is 1.00. The van der Waals surface area contributed by atoms with Crippen LogP contribution < -0.4 is 5.32 Å². The predicted molar refractivity (Wildman–Crippen MR) is 72.7 cm³/mol. The Balaban J connectivity index is 0.000000606. The second kappa shape index (κ2) is 6.64. The van der Waals surface area contributed by atoms with E-state index in [9.17, 15) is 0 Å². The lowest BCUT2D eigenvalue weighted by molar-refractivity contribution is 0.133. The van der Waals surface area contributed by atoms with Crippen molar-refractivity contribution < 1.29 is 0 Å². The van der Waals surface area contributed by atoms with Crippen LogP contribution >= 0.6 is 0 Å². The summed E-state index contributed by atoms with van der Waals surface area (Å²) in [6.45, 7) is 10.0. The van der Waals surface area contributed by atoms with E-state index >= 15 is 0 Å². The fourth-order valence-corrected chi connectivity index (χ4v) is 3.32. The van der Waals surface area contributed by atoms with Crippen molar-refractivity contribution >= 4 is 0 Å². The third-order valence-corrected chi connectivity index (χ3v) is 4.51. The van der Waals surface area contributed by atoms with Gasteiger partial charge in [0.05, 0.1) is 0 Å². The van der Waals surface area contributed by atoms with Crippen LogP contribution in [0.4, 0.5) is 0 Å². The van der Waals surface area contributed by atoms with Crippen LogP contribution in [0.5, 0.6) is 0 Å². The highest BCUT2D eigenvalue weighted by molar-refractivity contribution is 4.95. The lowest BCUT2D eigenvalue weighted by Gasteiger charge is -2.44. The topological polar surface area (TPSA) is 12.0 Å². The molecular formula is C15H31N. The molecular weight excluding hydrogens is 194 g/mol. The summed E-state index contributed by atoms with van der Waals surface area (Å²) in [5.41, 5.74) is 0.573. The van der Waals surface area contributed by atoms with Crippen molar-refractivity contribution in [3.8, 4) is 0 Å². The van der Waals surface area contributed by atoms with Gasteiger partial charge in [-0.1, -0.05) is 34.1 Å². The molecule has 1 nitrogen and oxygen atoms in total. The molecule has 1 aliphatic carbocycles. The van der Waals surface area contributed by atoms with E-state index in [4.69, 9.17) is 0 Å². The first-order valence-corrected chi connectivity index (χ1v) is 7.47. The van der Waals surface area contributed by atoms with Gasteiger partial charge in [0.1, 0.15) is 0 Å². The lowest BCUT2D eigenvalue weighted by atomic mass is 9.70. The summed E-state index contributed by atoms with van der Waals surface area (Å²) < 4.78 is 0. The molecule has 1 N–H and O–H groups in total. The van der Waals surface area contributed by atoms with Gasteiger partial charge in [-0.3, -0.25) is 0 Å². The Kier molecular flexibility index (Phi) is 5.82. The summed E-state index contributed by atoms with van der Waals surface area (Å²) in [5, 5.41) is 3.79. The van der Waals surface area contributed by atoms with E-state index in [1.165, 1.54) is 51.5 Å². The van der Waals surface area contributed by atoms with E-state index in [1.807, 2.05) is 13.8 Å². The van der Waals surface area contributed by atoms with Crippen LogP contribution in [0.1, 0.15) is 72.6 Å². The number of rotatable bonds is 1. The van der Waals surface area contributed by atoms with E-state index in [-0.39, 0.29) is 0 Å². The smallest absolute Gasteiger partial charge is 0.0181 e. The molecule has 1 saturated heterocycles. The van der Waals surface area contributed by atoms with E-state index in [0.717, 1.165) is 11.8 Å². The van der Waals surface area contributed by atoms with Crippen LogP contribution in [0.25, 0.3) is 0 Å². The van der Waals surface area contributed by atoms with Crippen molar-refractivity contribution in [1.29, 1.82) is 0 Å². The molecule has 0 bridgehead atoms. The molecule has 0 aromatic carbocycles. The van der Waals surface area contributed by atoms with E-state index < -0.39 is 0 Å². The normalized spacial score (nSPS) is 34.7. The van der Waals surface area contributed by atoms with E-state index in [2.05, 4.69) is 19.2 Å². The van der Waals surface area contributed by atoms with Gasteiger partial charge in [-0.15, -0.1) is 0 Å². The molecule has 16 heavy (non-hydrogen) atoms. The van der Waals surface area contributed by atoms with E-state index in [0.29, 0.717) is 5.54 Å². The van der Waals surface area contributed by atoms with Crippen molar-refractivity contribution in [2.75, 3.05) is 6.54 Å². The molecule has 0 atom stereocenters. The van der Waals surface area contributed by atoms with Gasteiger partial charge in [0, 0.05) is 5.54 Å². The molecule has 0 unspecified atom stereocenters. The summed E-state index contributed by atoms with van der Waals surface area (Å²) in [5.74, 6) is 1.90. The minimum Gasteiger partial charge on any atom is -0.311 e. The predicted octanol–water partition coefficient (Wildman–Crippen LogP) is 4.37. The summed E-state index contributed by atoms with van der Waals surface area (Å²) in [4.78, 5) is 0. The largest absolute Gasteiger partial charge is 0.311 e. The molecule has 2 rings (SSSR count). The maximum atomic E-state index is 3.79. The van der Waals surface area contributed by atoms with Crippen molar-refractivity contribution in [2.24, 2.45) is 11.8 Å². The zero-order valence-corrected chi connectivity index (χ0v) is 11.8. The Morgan fingerprint density at radius 1 is 1.00 bits per heavy atom. The molecule has 0 amide bonds. The van der Waals surface area contributed by atoms with Gasteiger partial charge in [-0.2, -0.15) is 0 Å². The molecule has 2 aliphatic rings. The third kappa shape index (κ3) is 3.48. The zero-order valence-electron chi connectivity index (χ0n) is 11.8. The first kappa shape index (κ1) is 14.0. The lowest BCUT2D eigenvalue weighted by Crippen LogP contribution is -2.51. The van der Waals surface area contributed by atoms with Crippen molar-refractivity contribution in [2.45, 2.75) is 78.2 Å². The highest BCUT2D eigenvalue weighted by Gasteiger charge is 2.36. The standard InChI is InChI=1S/C13H25N.C2H6/c1-11(2)12-5-8-13(9-6-12)7-3-4-10-14-13;1-2/h11-12,14H,3-10H2,1-2H3;1-2H3. The maximum absolute atomic E-state index is 3.79. The number of nitrogens with one attached hydrogen (secondary N) is 1. The molecule has 1 spiro atoms. The molecule has 1 aliphatic heterocycles. The Labute approximate surface area is 102 Å². The van der Waals surface area contributed by atoms with Crippen LogP contribution in [0.2, 0.25) is 0 Å². The van der Waals surface area contributed by atoms with E-state index in [1.54, 1.807) is 0 Å². The summed E-state index contributed by atoms with van der Waals surface area (Å²) in [6, 6.07) is 0. The Morgan fingerprint density at radius 2 is 1.62 bits per heavy atom. The first-order chi connectivity index (χ1) is 7.72. The minimum absolute atomic E-state index is 0.573. The molecule has 1 heterocycles. The van der Waals surface area contributed by atoms with Gasteiger partial charge in [0.25, 0.3) is 0 Å². The summed E-state index contributed by atoms with van der Waals surface area (Å²) in [7, 11) is 0. The average Bonchev–Trinajstić information content (AvgIpc) is 2.33. The van der Waals surface area contributed by atoms with Gasteiger partial charge >= 0.3 is 0 Å². The highest BCUT2D eigenvalue weighted by atomic mass is 15.0. The van der Waals surface area contributed by atoms with Crippen LogP contribution in [-0.4, -0.2) is 12.1 Å². The van der Waals surface area contributed by atoms with Crippen LogP contribution in [0.3, 0.4) is 0 Å². The average molecular weight is 225 g/mol. The van der Waals surface area contributed by atoms with Gasteiger partial charge in [-0.05, 0) is 56.9 Å². The highest BCUT2D eigenvalue weighted by Crippen LogP contribution is 2.39. The van der Waals surface area contributed by atoms with Crippen molar-refractivity contribution in [3.63, 3.8) is 0 Å². The molecule has 0 aromatic heterocycles. The molecule has 0 aromatic rings. The second-order valence-electron chi connectivity index (χ2n) is 5.75. The zero-order chi connectivity index (χ0) is 12.0. The van der Waals surface area contributed by atoms with Gasteiger partial charge in [0.15, 0.2) is 0 Å². The fourth-order valence-electron chi connectivity index (χ4n) is 3.32. The van der Waals surface area contributed by atoms with Crippen LogP contribution in [0.15, 0.2) is 0 Å². The third-order valence-electron chi connectivity index (χ3n) is 4.51. The van der Waals surface area contributed by atoms with Gasteiger partial charge in [-0.25, -0.2) is 0 Å². The van der Waals surface area contributed by atoms with Gasteiger partial charge in [0.2, 0.25) is 0 Å². The second-order valence-corrected chi connectivity index (χ2v) is 5.75. The molecule has 2 fully saturated rings. The molecule has 1 saturated carbocycles. The summed E-state index contributed by atoms with van der Waals surface area (Å²) in [6.07, 6.45) is 10.1. The Bertz CT molecular complexity index is 170. The van der Waals surface area contributed by atoms with Crippen LogP contribution in [0, 0.1) is 11.8 Å². The Hall–Kier alpha value is -0.0400. The van der Waals surface area contributed by atoms with Crippen molar-refractivity contribution in [1.82, 2.24) is 5.32 Å². The first-order valence-electron chi connectivity index (χ1n) is 7.47.